The minimum Gasteiger partial charge on any atom is -0.507 e. The molecule has 19 heavy (non-hydrogen) atoms. The predicted octanol–water partition coefficient (Wildman–Crippen LogP) is 3.45. The van der Waals surface area contributed by atoms with Gasteiger partial charge in [0.25, 0.3) is 0 Å². The van der Waals surface area contributed by atoms with Crippen LogP contribution in [0.1, 0.15) is 11.4 Å². The molecule has 1 N–H and O–H groups in total. The van der Waals surface area contributed by atoms with Gasteiger partial charge < -0.3 is 9.67 Å². The number of aryl methyl sites for hydroxylation is 1. The van der Waals surface area contributed by atoms with Crippen LogP contribution in [0.2, 0.25) is 0 Å². The van der Waals surface area contributed by atoms with Gasteiger partial charge in [0.05, 0.1) is 11.0 Å². The topological polar surface area (TPSA) is 38.0 Å². The highest BCUT2D eigenvalue weighted by molar-refractivity contribution is 5.80. The normalized spacial score (nSPS) is 11.4. The zero-order valence-corrected chi connectivity index (χ0v) is 10.6. The van der Waals surface area contributed by atoms with Crippen molar-refractivity contribution in [3.05, 3.63) is 59.9 Å². The first-order valence-electron chi connectivity index (χ1n) is 6.13. The molecule has 2 aromatic carbocycles. The molecule has 3 heteroatoms. The fourth-order valence-corrected chi connectivity index (χ4v) is 2.11. The van der Waals surface area contributed by atoms with Crippen LogP contribution in [0.3, 0.4) is 0 Å². The molecule has 3 rings (SSSR count). The lowest BCUT2D eigenvalue weighted by Gasteiger charge is -1.98. The van der Waals surface area contributed by atoms with Crippen LogP contribution in [-0.2, 0) is 7.05 Å². The first kappa shape index (κ1) is 11.5. The van der Waals surface area contributed by atoms with Crippen molar-refractivity contribution >= 4 is 23.2 Å². The Morgan fingerprint density at radius 1 is 1.00 bits per heavy atom. The Labute approximate surface area is 111 Å². The van der Waals surface area contributed by atoms with Gasteiger partial charge in [0.2, 0.25) is 0 Å². The Morgan fingerprint density at radius 3 is 2.53 bits per heavy atom. The molecular weight excluding hydrogens is 236 g/mol. The largest absolute Gasteiger partial charge is 0.507 e. The van der Waals surface area contributed by atoms with Gasteiger partial charge in [-0.3, -0.25) is 0 Å². The number of phenolic OH excluding ortho intramolecular Hbond substituents is 1. The molecule has 1 aromatic heterocycles. The summed E-state index contributed by atoms with van der Waals surface area (Å²) in [5.74, 6) is 1.14. The first-order valence-corrected chi connectivity index (χ1v) is 6.13. The highest BCUT2D eigenvalue weighted by atomic mass is 16.3. The number of nitrogens with zero attached hydrogens (tertiary/aromatic N) is 2. The van der Waals surface area contributed by atoms with Gasteiger partial charge in [-0.25, -0.2) is 4.98 Å². The molecule has 0 aliphatic carbocycles. The second-order valence-electron chi connectivity index (χ2n) is 4.41. The van der Waals surface area contributed by atoms with Gasteiger partial charge in [-0.15, -0.1) is 0 Å². The molecule has 0 spiro atoms. The lowest BCUT2D eigenvalue weighted by Crippen LogP contribution is -1.90. The lowest BCUT2D eigenvalue weighted by atomic mass is 10.2. The minimum absolute atomic E-state index is 0.275. The van der Waals surface area contributed by atoms with E-state index in [9.17, 15) is 5.11 Å². The van der Waals surface area contributed by atoms with Crippen LogP contribution in [0.4, 0.5) is 0 Å². The van der Waals surface area contributed by atoms with Crippen LogP contribution in [0.5, 0.6) is 5.75 Å². The first-order chi connectivity index (χ1) is 9.25. The number of phenols is 1. The van der Waals surface area contributed by atoms with Crippen LogP contribution in [0.25, 0.3) is 23.2 Å². The van der Waals surface area contributed by atoms with Gasteiger partial charge in [0.1, 0.15) is 11.6 Å². The third kappa shape index (κ3) is 2.10. The molecular formula is C16H14N2O. The van der Waals surface area contributed by atoms with Crippen molar-refractivity contribution < 1.29 is 5.11 Å². The molecule has 0 bridgehead atoms. The van der Waals surface area contributed by atoms with E-state index in [0.29, 0.717) is 0 Å². The van der Waals surface area contributed by atoms with Crippen molar-refractivity contribution in [2.75, 3.05) is 0 Å². The number of para-hydroxylation sites is 3. The lowest BCUT2D eigenvalue weighted by molar-refractivity contribution is 0.474. The molecule has 0 saturated heterocycles. The van der Waals surface area contributed by atoms with Gasteiger partial charge in [0.15, 0.2) is 0 Å². The van der Waals surface area contributed by atoms with E-state index < -0.39 is 0 Å². The van der Waals surface area contributed by atoms with Gasteiger partial charge in [-0.1, -0.05) is 30.3 Å². The van der Waals surface area contributed by atoms with Gasteiger partial charge in [0, 0.05) is 12.6 Å². The van der Waals surface area contributed by atoms with E-state index in [1.165, 1.54) is 0 Å². The number of hydrogen-bond acceptors (Lipinski definition) is 2. The third-order valence-corrected chi connectivity index (χ3v) is 3.17. The van der Waals surface area contributed by atoms with E-state index in [2.05, 4.69) is 4.98 Å². The summed E-state index contributed by atoms with van der Waals surface area (Å²) in [4.78, 5) is 4.55. The van der Waals surface area contributed by atoms with Crippen molar-refractivity contribution in [2.24, 2.45) is 7.05 Å². The van der Waals surface area contributed by atoms with Crippen LogP contribution < -0.4 is 0 Å². The average Bonchev–Trinajstić information content (AvgIpc) is 2.75. The van der Waals surface area contributed by atoms with Crippen LogP contribution in [-0.4, -0.2) is 14.7 Å². The van der Waals surface area contributed by atoms with Crippen molar-refractivity contribution in [3.63, 3.8) is 0 Å². The third-order valence-electron chi connectivity index (χ3n) is 3.17. The molecule has 0 fully saturated rings. The summed E-state index contributed by atoms with van der Waals surface area (Å²) < 4.78 is 2.03. The maximum Gasteiger partial charge on any atom is 0.133 e. The highest BCUT2D eigenvalue weighted by Crippen LogP contribution is 2.20. The molecule has 0 aliphatic heterocycles. The fourth-order valence-electron chi connectivity index (χ4n) is 2.11. The molecule has 0 saturated carbocycles. The zero-order chi connectivity index (χ0) is 13.2. The number of fused-ring (bicyclic) bond motifs is 1. The summed E-state index contributed by atoms with van der Waals surface area (Å²) in [6.45, 7) is 0. The summed E-state index contributed by atoms with van der Waals surface area (Å²) >= 11 is 0. The number of aromatic nitrogens is 2. The second kappa shape index (κ2) is 4.61. The van der Waals surface area contributed by atoms with E-state index in [4.69, 9.17) is 0 Å². The van der Waals surface area contributed by atoms with Crippen molar-refractivity contribution in [2.45, 2.75) is 0 Å². The number of imidazole rings is 1. The van der Waals surface area contributed by atoms with Gasteiger partial charge in [-0.2, -0.15) is 0 Å². The van der Waals surface area contributed by atoms with Gasteiger partial charge >= 0.3 is 0 Å². The fraction of sp³-hybridized carbons (Fsp3) is 0.0625. The zero-order valence-electron chi connectivity index (χ0n) is 10.6. The number of hydrogen-bond donors (Lipinski definition) is 1. The molecule has 0 aliphatic rings. The molecule has 94 valence electrons. The monoisotopic (exact) mass is 250 g/mol. The van der Waals surface area contributed by atoms with Crippen LogP contribution in [0, 0.1) is 0 Å². The van der Waals surface area contributed by atoms with Crippen LogP contribution >= 0.6 is 0 Å². The minimum atomic E-state index is 0.275. The average molecular weight is 250 g/mol. The van der Waals surface area contributed by atoms with E-state index in [-0.39, 0.29) is 5.75 Å². The Hall–Kier alpha value is -2.55. The maximum absolute atomic E-state index is 9.72. The molecule has 0 unspecified atom stereocenters. The van der Waals surface area contributed by atoms with Crippen molar-refractivity contribution in [1.82, 2.24) is 9.55 Å². The predicted molar refractivity (Wildman–Crippen MR) is 77.7 cm³/mol. The van der Waals surface area contributed by atoms with E-state index in [0.717, 1.165) is 22.4 Å². The quantitative estimate of drug-likeness (QED) is 0.756. The Bertz CT molecular complexity index is 756. The Kier molecular flexibility index (Phi) is 2.80. The number of aromatic hydroxyl groups is 1. The molecule has 3 nitrogen and oxygen atoms in total. The molecule has 0 radical (unpaired) electrons. The summed E-state index contributed by atoms with van der Waals surface area (Å²) in [6, 6.07) is 15.3. The summed E-state index contributed by atoms with van der Waals surface area (Å²) in [5.41, 5.74) is 2.86. The van der Waals surface area contributed by atoms with E-state index >= 15 is 0 Å². The highest BCUT2D eigenvalue weighted by Gasteiger charge is 2.03. The Balaban J connectivity index is 2.02. The maximum atomic E-state index is 9.72. The molecule has 0 amide bonds. The standard InChI is InChI=1S/C16H14N2O/c1-18-14-8-4-3-7-13(14)17-16(18)11-10-12-6-2-5-9-15(12)19/h2-11,19H,1H3/b11-10+. The second-order valence-corrected chi connectivity index (χ2v) is 4.41. The molecule has 0 atom stereocenters. The van der Waals surface area contributed by atoms with Crippen LogP contribution in [0.15, 0.2) is 48.5 Å². The SMILES string of the molecule is Cn1c(/C=C/c2ccccc2O)nc2ccccc21. The Morgan fingerprint density at radius 2 is 1.74 bits per heavy atom. The smallest absolute Gasteiger partial charge is 0.133 e. The van der Waals surface area contributed by atoms with Crippen molar-refractivity contribution in [1.29, 1.82) is 0 Å². The number of rotatable bonds is 2. The molecule has 3 aromatic rings. The van der Waals surface area contributed by atoms with Crippen molar-refractivity contribution in [3.8, 4) is 5.75 Å². The summed E-state index contributed by atoms with van der Waals surface area (Å²) in [5, 5.41) is 9.72. The van der Waals surface area contributed by atoms with Gasteiger partial charge in [-0.05, 0) is 30.4 Å². The van der Waals surface area contributed by atoms with E-state index in [1.807, 2.05) is 66.2 Å². The summed E-state index contributed by atoms with van der Waals surface area (Å²) in [7, 11) is 1.99. The summed E-state index contributed by atoms with van der Waals surface area (Å²) in [6.07, 6.45) is 3.78. The number of benzene rings is 2. The van der Waals surface area contributed by atoms with E-state index in [1.54, 1.807) is 6.07 Å². The molecule has 1 heterocycles.